The predicted octanol–water partition coefficient (Wildman–Crippen LogP) is 3.78. The molecule has 1 heteroatoms. The van der Waals surface area contributed by atoms with E-state index < -0.39 is 0 Å². The lowest BCUT2D eigenvalue weighted by atomic mass is 9.89. The van der Waals surface area contributed by atoms with Crippen LogP contribution in [0.2, 0.25) is 0 Å². The number of rotatable bonds is 5. The van der Waals surface area contributed by atoms with E-state index >= 15 is 0 Å². The third-order valence-electron chi connectivity index (χ3n) is 3.39. The molecule has 0 saturated heterocycles. The van der Waals surface area contributed by atoms with E-state index in [9.17, 15) is 0 Å². The van der Waals surface area contributed by atoms with Crippen LogP contribution in [0.15, 0.2) is 12.1 Å². The first-order valence-corrected chi connectivity index (χ1v) is 6.57. The molecule has 0 spiro atoms. The van der Waals surface area contributed by atoms with Crippen LogP contribution < -0.4 is 5.73 Å². The Morgan fingerprint density at radius 3 is 1.75 bits per heavy atom. The number of aryl methyl sites for hydroxylation is 3. The normalized spacial score (nSPS) is 12.8. The van der Waals surface area contributed by atoms with Crippen molar-refractivity contribution in [2.24, 2.45) is 5.73 Å². The van der Waals surface area contributed by atoms with Gasteiger partial charge in [0.1, 0.15) is 0 Å². The third-order valence-corrected chi connectivity index (χ3v) is 3.39. The molecule has 1 aromatic carbocycles. The lowest BCUT2D eigenvalue weighted by Gasteiger charge is -2.20. The van der Waals surface area contributed by atoms with Crippen molar-refractivity contribution < 1.29 is 0 Å². The molecule has 0 fully saturated rings. The fourth-order valence-electron chi connectivity index (χ4n) is 2.32. The Balaban J connectivity index is 3.31. The van der Waals surface area contributed by atoms with Gasteiger partial charge in [-0.05, 0) is 47.9 Å². The molecule has 1 atom stereocenters. The lowest BCUT2D eigenvalue weighted by Crippen LogP contribution is -2.14. The standard InChI is InChI=1S/C15H25N/c1-5-11-9-12(6-2)15(14(16)8-4)13(7-3)10-11/h9-10,14H,5-8,16H2,1-4H3/t14-/m0/s1. The first kappa shape index (κ1) is 13.2. The molecule has 16 heavy (non-hydrogen) atoms. The van der Waals surface area contributed by atoms with Gasteiger partial charge in [-0.1, -0.05) is 39.8 Å². The molecule has 2 N–H and O–H groups in total. The molecule has 0 saturated carbocycles. The molecule has 90 valence electrons. The fraction of sp³-hybridized carbons (Fsp3) is 0.600. The van der Waals surface area contributed by atoms with Gasteiger partial charge in [-0.2, -0.15) is 0 Å². The summed E-state index contributed by atoms with van der Waals surface area (Å²) >= 11 is 0. The minimum Gasteiger partial charge on any atom is -0.324 e. The number of benzene rings is 1. The van der Waals surface area contributed by atoms with E-state index in [-0.39, 0.29) is 6.04 Å². The van der Waals surface area contributed by atoms with Gasteiger partial charge in [0.15, 0.2) is 0 Å². The van der Waals surface area contributed by atoms with Crippen molar-refractivity contribution in [2.45, 2.75) is 59.4 Å². The Morgan fingerprint density at radius 1 is 0.938 bits per heavy atom. The Hall–Kier alpha value is -0.820. The van der Waals surface area contributed by atoms with Crippen molar-refractivity contribution in [3.8, 4) is 0 Å². The Labute approximate surface area is 100 Å². The average Bonchev–Trinajstić information content (AvgIpc) is 2.35. The van der Waals surface area contributed by atoms with E-state index in [0.717, 1.165) is 25.7 Å². The molecular formula is C15H25N. The van der Waals surface area contributed by atoms with Gasteiger partial charge in [0.25, 0.3) is 0 Å². The van der Waals surface area contributed by atoms with Crippen molar-refractivity contribution >= 4 is 0 Å². The summed E-state index contributed by atoms with van der Waals surface area (Å²) in [6.07, 6.45) is 4.31. The molecule has 0 aliphatic carbocycles. The van der Waals surface area contributed by atoms with E-state index in [1.54, 1.807) is 0 Å². The van der Waals surface area contributed by atoms with Crippen LogP contribution in [0.5, 0.6) is 0 Å². The molecule has 1 nitrogen and oxygen atoms in total. The Morgan fingerprint density at radius 2 is 1.44 bits per heavy atom. The van der Waals surface area contributed by atoms with Crippen LogP contribution in [-0.4, -0.2) is 0 Å². The molecule has 1 aromatic rings. The Kier molecular flexibility index (Phi) is 5.01. The van der Waals surface area contributed by atoms with E-state index in [1.807, 2.05) is 0 Å². The van der Waals surface area contributed by atoms with Gasteiger partial charge in [0.2, 0.25) is 0 Å². The summed E-state index contributed by atoms with van der Waals surface area (Å²) in [6.45, 7) is 8.82. The molecule has 0 aliphatic heterocycles. The van der Waals surface area contributed by atoms with E-state index in [4.69, 9.17) is 5.73 Å². The quantitative estimate of drug-likeness (QED) is 0.801. The SMILES string of the molecule is CCc1cc(CC)c([C@@H](N)CC)c(CC)c1. The molecule has 0 aliphatic rings. The summed E-state index contributed by atoms with van der Waals surface area (Å²) in [5, 5.41) is 0. The molecule has 0 unspecified atom stereocenters. The predicted molar refractivity (Wildman–Crippen MR) is 71.8 cm³/mol. The minimum atomic E-state index is 0.204. The summed E-state index contributed by atoms with van der Waals surface area (Å²) in [5.41, 5.74) is 12.0. The van der Waals surface area contributed by atoms with Gasteiger partial charge in [-0.15, -0.1) is 0 Å². The monoisotopic (exact) mass is 219 g/mol. The summed E-state index contributed by atoms with van der Waals surface area (Å²) < 4.78 is 0. The first-order chi connectivity index (χ1) is 7.67. The van der Waals surface area contributed by atoms with Gasteiger partial charge >= 0.3 is 0 Å². The molecule has 0 radical (unpaired) electrons. The van der Waals surface area contributed by atoms with Crippen molar-refractivity contribution in [1.82, 2.24) is 0 Å². The highest BCUT2D eigenvalue weighted by Gasteiger charge is 2.13. The van der Waals surface area contributed by atoms with E-state index in [0.29, 0.717) is 0 Å². The van der Waals surface area contributed by atoms with Crippen LogP contribution >= 0.6 is 0 Å². The smallest absolute Gasteiger partial charge is 0.0297 e. The van der Waals surface area contributed by atoms with Crippen molar-refractivity contribution in [1.29, 1.82) is 0 Å². The molecule has 0 amide bonds. The molecule has 0 heterocycles. The first-order valence-electron chi connectivity index (χ1n) is 6.57. The minimum absolute atomic E-state index is 0.204. The maximum atomic E-state index is 6.24. The second kappa shape index (κ2) is 6.05. The number of hydrogen-bond acceptors (Lipinski definition) is 1. The van der Waals surface area contributed by atoms with Crippen molar-refractivity contribution in [2.75, 3.05) is 0 Å². The van der Waals surface area contributed by atoms with Gasteiger partial charge in [-0.3, -0.25) is 0 Å². The zero-order valence-electron chi connectivity index (χ0n) is 11.1. The summed E-state index contributed by atoms with van der Waals surface area (Å²) in [7, 11) is 0. The van der Waals surface area contributed by atoms with Crippen LogP contribution in [0.4, 0.5) is 0 Å². The number of nitrogens with two attached hydrogens (primary N) is 1. The largest absolute Gasteiger partial charge is 0.324 e. The zero-order valence-corrected chi connectivity index (χ0v) is 11.1. The molecular weight excluding hydrogens is 194 g/mol. The van der Waals surface area contributed by atoms with E-state index in [2.05, 4.69) is 39.8 Å². The van der Waals surface area contributed by atoms with Crippen LogP contribution in [0.3, 0.4) is 0 Å². The van der Waals surface area contributed by atoms with Gasteiger partial charge in [0, 0.05) is 6.04 Å². The van der Waals surface area contributed by atoms with Crippen LogP contribution in [0.1, 0.15) is 62.4 Å². The van der Waals surface area contributed by atoms with Crippen molar-refractivity contribution in [3.63, 3.8) is 0 Å². The van der Waals surface area contributed by atoms with Crippen LogP contribution in [-0.2, 0) is 19.3 Å². The molecule has 0 aromatic heterocycles. The van der Waals surface area contributed by atoms with Crippen LogP contribution in [0, 0.1) is 0 Å². The van der Waals surface area contributed by atoms with Gasteiger partial charge in [-0.25, -0.2) is 0 Å². The van der Waals surface area contributed by atoms with Crippen molar-refractivity contribution in [3.05, 3.63) is 34.4 Å². The number of hydrogen-bond donors (Lipinski definition) is 1. The van der Waals surface area contributed by atoms with E-state index in [1.165, 1.54) is 22.3 Å². The fourth-order valence-corrected chi connectivity index (χ4v) is 2.32. The Bertz CT molecular complexity index is 316. The third kappa shape index (κ3) is 2.65. The summed E-state index contributed by atoms with van der Waals surface area (Å²) in [4.78, 5) is 0. The highest BCUT2D eigenvalue weighted by Crippen LogP contribution is 2.26. The van der Waals surface area contributed by atoms with Gasteiger partial charge in [0.05, 0.1) is 0 Å². The topological polar surface area (TPSA) is 26.0 Å². The maximum Gasteiger partial charge on any atom is 0.0297 e. The molecule has 0 bridgehead atoms. The van der Waals surface area contributed by atoms with Crippen LogP contribution in [0.25, 0.3) is 0 Å². The lowest BCUT2D eigenvalue weighted by molar-refractivity contribution is 0.680. The zero-order chi connectivity index (χ0) is 12.1. The average molecular weight is 219 g/mol. The van der Waals surface area contributed by atoms with Gasteiger partial charge < -0.3 is 5.73 Å². The summed E-state index contributed by atoms with van der Waals surface area (Å²) in [5.74, 6) is 0. The second-order valence-corrected chi connectivity index (χ2v) is 4.40. The highest BCUT2D eigenvalue weighted by molar-refractivity contribution is 5.41. The maximum absolute atomic E-state index is 6.24. The summed E-state index contributed by atoms with van der Waals surface area (Å²) in [6, 6.07) is 4.88. The second-order valence-electron chi connectivity index (χ2n) is 4.40. The highest BCUT2D eigenvalue weighted by atomic mass is 14.6. The molecule has 1 rings (SSSR count).